The number of esters is 1. The van der Waals surface area contributed by atoms with Crippen molar-refractivity contribution in [3.05, 3.63) is 59.7 Å². The molecule has 0 atom stereocenters. The van der Waals surface area contributed by atoms with Gasteiger partial charge in [-0.2, -0.15) is 5.26 Å². The molecule has 1 aliphatic rings. The minimum Gasteiger partial charge on any atom is -0.490 e. The van der Waals surface area contributed by atoms with E-state index in [2.05, 4.69) is 12.6 Å². The zero-order valence-corrected chi connectivity index (χ0v) is 23.8. The molecule has 0 aliphatic carbocycles. The first-order valence-corrected chi connectivity index (χ1v) is 14.3. The maximum atomic E-state index is 11.3. The van der Waals surface area contributed by atoms with E-state index in [0.717, 1.165) is 42.6 Å². The molecule has 214 valence electrons. The van der Waals surface area contributed by atoms with Crippen LogP contribution in [0.2, 0.25) is 0 Å². The summed E-state index contributed by atoms with van der Waals surface area (Å²) in [7, 11) is 0. The number of ether oxygens (including phenoxy) is 5. The highest BCUT2D eigenvalue weighted by Gasteiger charge is 2.15. The molecule has 7 nitrogen and oxygen atoms in total. The Morgan fingerprint density at radius 3 is 2.25 bits per heavy atom. The summed E-state index contributed by atoms with van der Waals surface area (Å²) in [5.74, 6) is 2.43. The Bertz CT molecular complexity index is 1200. The molecular formula is C33H41NO6. The second-order valence-electron chi connectivity index (χ2n) is 9.82. The third-order valence-electron chi connectivity index (χ3n) is 6.51. The van der Waals surface area contributed by atoms with E-state index in [4.69, 9.17) is 23.7 Å². The lowest BCUT2D eigenvalue weighted by Gasteiger charge is -2.13. The van der Waals surface area contributed by atoms with E-state index in [-0.39, 0.29) is 12.8 Å². The molecule has 0 saturated heterocycles. The molecule has 0 bridgehead atoms. The fourth-order valence-electron chi connectivity index (χ4n) is 4.32. The zero-order chi connectivity index (χ0) is 28.6. The van der Waals surface area contributed by atoms with Gasteiger partial charge in [0.2, 0.25) is 6.79 Å². The van der Waals surface area contributed by atoms with Gasteiger partial charge in [-0.3, -0.25) is 0 Å². The predicted molar refractivity (Wildman–Crippen MR) is 156 cm³/mol. The van der Waals surface area contributed by atoms with E-state index < -0.39 is 0 Å². The predicted octanol–water partition coefficient (Wildman–Crippen LogP) is 7.89. The Kier molecular flexibility index (Phi) is 12.9. The molecule has 0 spiro atoms. The molecule has 0 unspecified atom stereocenters. The highest BCUT2D eigenvalue weighted by Crippen LogP contribution is 2.35. The maximum absolute atomic E-state index is 11.3. The van der Waals surface area contributed by atoms with E-state index in [0.29, 0.717) is 48.2 Å². The van der Waals surface area contributed by atoms with Crippen LogP contribution >= 0.6 is 0 Å². The number of unbranched alkanes of at least 4 members (excludes halogenated alkanes) is 8. The molecule has 7 heteroatoms. The number of hydrogen-bond donors (Lipinski definition) is 0. The Morgan fingerprint density at radius 2 is 1.57 bits per heavy atom. The van der Waals surface area contributed by atoms with Crippen LogP contribution < -0.4 is 18.9 Å². The lowest BCUT2D eigenvalue weighted by molar-refractivity contribution is -0.139. The smallest absolute Gasteiger partial charge is 0.333 e. The van der Waals surface area contributed by atoms with E-state index in [1.54, 1.807) is 6.92 Å². The van der Waals surface area contributed by atoms with Crippen molar-refractivity contribution in [2.75, 3.05) is 26.6 Å². The Labute approximate surface area is 238 Å². The average molecular weight is 548 g/mol. The van der Waals surface area contributed by atoms with E-state index in [1.165, 1.54) is 32.1 Å². The highest BCUT2D eigenvalue weighted by molar-refractivity contribution is 5.90. The fourth-order valence-corrected chi connectivity index (χ4v) is 4.32. The monoisotopic (exact) mass is 547 g/mol. The highest BCUT2D eigenvalue weighted by atomic mass is 16.7. The van der Waals surface area contributed by atoms with Crippen LogP contribution in [0, 0.1) is 11.3 Å². The first kappa shape index (κ1) is 30.6. The van der Waals surface area contributed by atoms with Crippen molar-refractivity contribution in [3.63, 3.8) is 0 Å². The third kappa shape index (κ3) is 10.00. The summed E-state index contributed by atoms with van der Waals surface area (Å²) in [5, 5.41) is 9.76. The number of carbonyl (C=O) groups excluding carboxylic acids is 1. The molecular weight excluding hydrogens is 506 g/mol. The van der Waals surface area contributed by atoms with E-state index >= 15 is 0 Å². The number of nitrogens with zero attached hydrogens (tertiary/aromatic N) is 1. The number of rotatable bonds is 18. The van der Waals surface area contributed by atoms with Gasteiger partial charge in [0.15, 0.2) is 23.0 Å². The van der Waals surface area contributed by atoms with Gasteiger partial charge in [0.1, 0.15) is 0 Å². The third-order valence-corrected chi connectivity index (χ3v) is 6.51. The number of fused-ring (bicyclic) bond motifs is 1. The van der Waals surface area contributed by atoms with Crippen LogP contribution in [-0.4, -0.2) is 32.6 Å². The summed E-state index contributed by atoms with van der Waals surface area (Å²) < 4.78 is 27.8. The van der Waals surface area contributed by atoms with E-state index in [1.807, 2.05) is 49.4 Å². The van der Waals surface area contributed by atoms with Gasteiger partial charge in [-0.15, -0.1) is 0 Å². The molecule has 0 fully saturated rings. The van der Waals surface area contributed by atoms with Crippen molar-refractivity contribution in [1.82, 2.24) is 0 Å². The van der Waals surface area contributed by atoms with E-state index in [9.17, 15) is 10.1 Å². The van der Waals surface area contributed by atoms with Crippen molar-refractivity contribution < 1.29 is 28.5 Å². The summed E-state index contributed by atoms with van der Waals surface area (Å²) in [5.41, 5.74) is 2.61. The molecule has 1 aliphatic heterocycles. The maximum Gasteiger partial charge on any atom is 0.333 e. The van der Waals surface area contributed by atoms with Gasteiger partial charge in [0.05, 0.1) is 31.5 Å². The topological polar surface area (TPSA) is 87.0 Å². The van der Waals surface area contributed by atoms with Crippen molar-refractivity contribution >= 4 is 17.6 Å². The minimum absolute atomic E-state index is 0.197. The van der Waals surface area contributed by atoms with Crippen molar-refractivity contribution in [2.24, 2.45) is 0 Å². The minimum atomic E-state index is -0.296. The Morgan fingerprint density at radius 1 is 0.900 bits per heavy atom. The molecule has 1 heterocycles. The normalized spacial score (nSPS) is 12.1. The molecule has 3 rings (SSSR count). The standard InChI is InChI=1S/C33H41NO6/c1-4-36-31-21-26(20-28(23-34)27-15-17-30-32(22-27)40-24-39-30)14-16-29(31)37-18-12-10-8-6-5-7-9-11-13-19-38-33(35)25(2)3/h14-17,20-22H,2,4-13,18-19,24H2,1,3H3. The van der Waals surface area contributed by atoms with Crippen LogP contribution in [-0.2, 0) is 9.53 Å². The first-order chi connectivity index (χ1) is 19.5. The van der Waals surface area contributed by atoms with Gasteiger partial charge in [0.25, 0.3) is 0 Å². The molecule has 0 radical (unpaired) electrons. The Balaban J connectivity index is 1.36. The molecule has 0 amide bonds. The van der Waals surface area contributed by atoms with Crippen molar-refractivity contribution in [2.45, 2.75) is 71.6 Å². The average Bonchev–Trinajstić information content (AvgIpc) is 3.43. The number of benzene rings is 2. The van der Waals surface area contributed by atoms with Crippen LogP contribution in [0.1, 0.15) is 82.8 Å². The summed E-state index contributed by atoms with van der Waals surface area (Å²) in [6, 6.07) is 13.5. The lowest BCUT2D eigenvalue weighted by atomic mass is 10.0. The number of allylic oxidation sites excluding steroid dienone is 1. The molecule has 2 aromatic carbocycles. The number of carbonyl (C=O) groups is 1. The zero-order valence-electron chi connectivity index (χ0n) is 23.8. The number of nitriles is 1. The second kappa shape index (κ2) is 16.9. The van der Waals surface area contributed by atoms with Crippen LogP contribution in [0.15, 0.2) is 48.6 Å². The second-order valence-corrected chi connectivity index (χ2v) is 9.82. The molecule has 40 heavy (non-hydrogen) atoms. The quantitative estimate of drug-likeness (QED) is 0.0616. The lowest BCUT2D eigenvalue weighted by Crippen LogP contribution is -2.05. The van der Waals surface area contributed by atoms with Crippen LogP contribution in [0.3, 0.4) is 0 Å². The first-order valence-electron chi connectivity index (χ1n) is 14.3. The summed E-state index contributed by atoms with van der Waals surface area (Å²) in [6.07, 6.45) is 12.0. The molecule has 0 saturated carbocycles. The van der Waals surface area contributed by atoms with Gasteiger partial charge in [-0.25, -0.2) is 4.79 Å². The van der Waals surface area contributed by atoms with Crippen LogP contribution in [0.4, 0.5) is 0 Å². The largest absolute Gasteiger partial charge is 0.490 e. The molecule has 0 N–H and O–H groups in total. The SMILES string of the molecule is C=C(C)C(=O)OCCCCCCCCCCCOc1ccc(C=C(C#N)c2ccc3c(c2)OCO3)cc1OCC. The molecule has 0 aromatic heterocycles. The number of hydrogen-bond acceptors (Lipinski definition) is 7. The van der Waals surface area contributed by atoms with Crippen LogP contribution in [0.5, 0.6) is 23.0 Å². The van der Waals surface area contributed by atoms with Gasteiger partial charge < -0.3 is 23.7 Å². The van der Waals surface area contributed by atoms with Crippen LogP contribution in [0.25, 0.3) is 11.6 Å². The summed E-state index contributed by atoms with van der Waals surface area (Å²) >= 11 is 0. The van der Waals surface area contributed by atoms with Crippen molar-refractivity contribution in [3.8, 4) is 29.1 Å². The molecule has 2 aromatic rings. The van der Waals surface area contributed by atoms with Gasteiger partial charge in [-0.1, -0.05) is 57.6 Å². The van der Waals surface area contributed by atoms with Gasteiger partial charge in [0, 0.05) is 5.57 Å². The Hall–Kier alpha value is -3.92. The summed E-state index contributed by atoms with van der Waals surface area (Å²) in [6.45, 7) is 9.04. The fraction of sp³-hybridized carbons (Fsp3) is 0.455. The van der Waals surface area contributed by atoms with Crippen molar-refractivity contribution in [1.29, 1.82) is 5.26 Å². The van der Waals surface area contributed by atoms with Gasteiger partial charge >= 0.3 is 5.97 Å². The van der Waals surface area contributed by atoms with Gasteiger partial charge in [-0.05, 0) is 74.2 Å². The summed E-state index contributed by atoms with van der Waals surface area (Å²) in [4.78, 5) is 11.3.